The number of nitrogens with zero attached hydrogens (tertiary/aromatic N) is 2. The van der Waals surface area contributed by atoms with E-state index in [0.29, 0.717) is 36.8 Å². The first-order valence-corrected chi connectivity index (χ1v) is 8.20. The van der Waals surface area contributed by atoms with Crippen molar-refractivity contribution >= 4 is 18.6 Å². The molecule has 2 amide bonds. The van der Waals surface area contributed by atoms with E-state index in [-0.39, 0.29) is 6.03 Å². The van der Waals surface area contributed by atoms with Crippen molar-refractivity contribution < 1.29 is 19.6 Å². The molecule has 2 aliphatic rings. The number of benzene rings is 1. The molecule has 1 aromatic rings. The number of carbonyl (C=O) groups is 1. The molecular weight excluding hydrogens is 295 g/mol. The molecule has 6 nitrogen and oxygen atoms in total. The van der Waals surface area contributed by atoms with E-state index in [9.17, 15) is 14.8 Å². The van der Waals surface area contributed by atoms with Gasteiger partial charge in [0.25, 0.3) is 0 Å². The van der Waals surface area contributed by atoms with Crippen LogP contribution in [-0.4, -0.2) is 59.2 Å². The van der Waals surface area contributed by atoms with E-state index in [4.69, 9.17) is 4.74 Å². The van der Waals surface area contributed by atoms with Gasteiger partial charge in [0.1, 0.15) is 12.4 Å². The molecule has 23 heavy (non-hydrogen) atoms. The third kappa shape index (κ3) is 3.62. The summed E-state index contributed by atoms with van der Waals surface area (Å²) in [5.41, 5.74) is 1.22. The zero-order valence-corrected chi connectivity index (χ0v) is 13.4. The number of ether oxygens (including phenoxy) is 1. The standard InChI is InChI=1S/C16H23BN2O4/c1-12-4-6-18(7-5-12)16(20)19-8-9-23-15-3-2-14(17(21)22)10-13(15)11-19/h2-3,10,12,21-22H,4-9,11H2,1H3. The molecular formula is C16H23BN2O4. The highest BCUT2D eigenvalue weighted by atomic mass is 16.5. The topological polar surface area (TPSA) is 73.2 Å². The van der Waals surface area contributed by atoms with Gasteiger partial charge in [-0.05, 0) is 30.3 Å². The van der Waals surface area contributed by atoms with Crippen molar-refractivity contribution in [1.82, 2.24) is 9.80 Å². The van der Waals surface area contributed by atoms with Crippen LogP contribution in [-0.2, 0) is 6.54 Å². The lowest BCUT2D eigenvalue weighted by atomic mass is 9.79. The number of fused-ring (bicyclic) bond motifs is 1. The SMILES string of the molecule is CC1CCN(C(=O)N2CCOc3ccc(B(O)O)cc3C2)CC1. The maximum absolute atomic E-state index is 12.7. The highest BCUT2D eigenvalue weighted by Gasteiger charge is 2.27. The average Bonchev–Trinajstić information content (AvgIpc) is 2.76. The quantitative estimate of drug-likeness (QED) is 0.736. The largest absolute Gasteiger partial charge is 0.491 e. The van der Waals surface area contributed by atoms with Crippen LogP contribution in [0.3, 0.4) is 0 Å². The molecule has 2 heterocycles. The molecule has 1 aromatic carbocycles. The third-order valence-corrected chi connectivity index (χ3v) is 4.69. The Labute approximate surface area is 136 Å². The Kier molecular flexibility index (Phi) is 4.78. The van der Waals surface area contributed by atoms with Crippen molar-refractivity contribution in [1.29, 1.82) is 0 Å². The molecule has 0 radical (unpaired) electrons. The summed E-state index contributed by atoms with van der Waals surface area (Å²) in [7, 11) is -1.52. The summed E-state index contributed by atoms with van der Waals surface area (Å²) >= 11 is 0. The van der Waals surface area contributed by atoms with E-state index in [2.05, 4.69) is 6.92 Å². The van der Waals surface area contributed by atoms with Crippen LogP contribution in [0, 0.1) is 5.92 Å². The zero-order valence-electron chi connectivity index (χ0n) is 13.4. The first-order chi connectivity index (χ1) is 11.0. The fraction of sp³-hybridized carbons (Fsp3) is 0.562. The number of amides is 2. The third-order valence-electron chi connectivity index (χ3n) is 4.69. The summed E-state index contributed by atoms with van der Waals surface area (Å²) in [6.45, 7) is 5.25. The molecule has 0 spiro atoms. The Morgan fingerprint density at radius 1 is 1.22 bits per heavy atom. The molecule has 1 fully saturated rings. The minimum Gasteiger partial charge on any atom is -0.491 e. The lowest BCUT2D eigenvalue weighted by Gasteiger charge is -2.34. The van der Waals surface area contributed by atoms with Gasteiger partial charge in [0.15, 0.2) is 0 Å². The second-order valence-electron chi connectivity index (χ2n) is 6.46. The summed E-state index contributed by atoms with van der Waals surface area (Å²) in [6.07, 6.45) is 2.10. The van der Waals surface area contributed by atoms with Crippen LogP contribution < -0.4 is 10.2 Å². The lowest BCUT2D eigenvalue weighted by molar-refractivity contribution is 0.129. The van der Waals surface area contributed by atoms with Gasteiger partial charge in [-0.15, -0.1) is 0 Å². The Hall–Kier alpha value is -1.73. The number of likely N-dealkylation sites (tertiary alicyclic amines) is 1. The monoisotopic (exact) mass is 318 g/mol. The number of urea groups is 1. The Morgan fingerprint density at radius 2 is 1.96 bits per heavy atom. The Morgan fingerprint density at radius 3 is 2.65 bits per heavy atom. The molecule has 0 saturated carbocycles. The van der Waals surface area contributed by atoms with E-state index in [1.165, 1.54) is 0 Å². The Bertz CT molecular complexity index is 573. The van der Waals surface area contributed by atoms with E-state index in [0.717, 1.165) is 31.5 Å². The smallest absolute Gasteiger partial charge is 0.488 e. The second-order valence-corrected chi connectivity index (χ2v) is 6.46. The van der Waals surface area contributed by atoms with Crippen LogP contribution in [0.25, 0.3) is 0 Å². The van der Waals surface area contributed by atoms with Gasteiger partial charge in [0.05, 0.1) is 13.1 Å². The van der Waals surface area contributed by atoms with Crippen LogP contribution in [0.4, 0.5) is 4.79 Å². The normalized spacial score (nSPS) is 18.9. The summed E-state index contributed by atoms with van der Waals surface area (Å²) in [5.74, 6) is 1.39. The van der Waals surface area contributed by atoms with E-state index in [1.54, 1.807) is 23.1 Å². The summed E-state index contributed by atoms with van der Waals surface area (Å²) in [5, 5.41) is 18.7. The van der Waals surface area contributed by atoms with Gasteiger partial charge in [0.2, 0.25) is 0 Å². The molecule has 0 aliphatic carbocycles. The van der Waals surface area contributed by atoms with Crippen LogP contribution >= 0.6 is 0 Å². The molecule has 124 valence electrons. The van der Waals surface area contributed by atoms with Gasteiger partial charge in [-0.1, -0.05) is 19.1 Å². The molecule has 3 rings (SSSR count). The fourth-order valence-electron chi connectivity index (χ4n) is 3.14. The lowest BCUT2D eigenvalue weighted by Crippen LogP contribution is -2.46. The Balaban J connectivity index is 1.74. The highest BCUT2D eigenvalue weighted by Crippen LogP contribution is 2.24. The van der Waals surface area contributed by atoms with Gasteiger partial charge < -0.3 is 24.6 Å². The van der Waals surface area contributed by atoms with Gasteiger partial charge in [-0.3, -0.25) is 0 Å². The average molecular weight is 318 g/mol. The maximum Gasteiger partial charge on any atom is 0.488 e. The molecule has 0 aromatic heterocycles. The summed E-state index contributed by atoms with van der Waals surface area (Å²) in [6, 6.07) is 5.11. The van der Waals surface area contributed by atoms with E-state index < -0.39 is 7.12 Å². The van der Waals surface area contributed by atoms with Crippen LogP contribution in [0.2, 0.25) is 0 Å². The highest BCUT2D eigenvalue weighted by molar-refractivity contribution is 6.58. The zero-order chi connectivity index (χ0) is 16.4. The summed E-state index contributed by atoms with van der Waals surface area (Å²) in [4.78, 5) is 16.4. The summed E-state index contributed by atoms with van der Waals surface area (Å²) < 4.78 is 5.69. The van der Waals surface area contributed by atoms with Crippen LogP contribution in [0.15, 0.2) is 18.2 Å². The van der Waals surface area contributed by atoms with Gasteiger partial charge in [-0.2, -0.15) is 0 Å². The first-order valence-electron chi connectivity index (χ1n) is 8.20. The number of rotatable bonds is 1. The van der Waals surface area contributed by atoms with Crippen molar-refractivity contribution in [3.05, 3.63) is 23.8 Å². The molecule has 1 saturated heterocycles. The minimum absolute atomic E-state index is 0.0447. The van der Waals surface area contributed by atoms with Crippen LogP contribution in [0.1, 0.15) is 25.3 Å². The van der Waals surface area contributed by atoms with Crippen molar-refractivity contribution in [2.75, 3.05) is 26.2 Å². The number of piperidine rings is 1. The molecule has 0 bridgehead atoms. The number of hydrogen-bond donors (Lipinski definition) is 2. The van der Waals surface area contributed by atoms with Gasteiger partial charge in [0, 0.05) is 18.7 Å². The predicted octanol–water partition coefficient (Wildman–Crippen LogP) is 0.413. The van der Waals surface area contributed by atoms with Crippen LogP contribution in [0.5, 0.6) is 5.75 Å². The van der Waals surface area contributed by atoms with Crippen molar-refractivity contribution in [2.24, 2.45) is 5.92 Å². The van der Waals surface area contributed by atoms with Gasteiger partial charge in [-0.25, -0.2) is 4.79 Å². The number of carbonyl (C=O) groups excluding carboxylic acids is 1. The minimum atomic E-state index is -1.52. The number of hydrogen-bond acceptors (Lipinski definition) is 4. The van der Waals surface area contributed by atoms with E-state index >= 15 is 0 Å². The van der Waals surface area contributed by atoms with Crippen molar-refractivity contribution in [3.8, 4) is 5.75 Å². The molecule has 0 unspecified atom stereocenters. The first kappa shape index (κ1) is 16.1. The fourth-order valence-corrected chi connectivity index (χ4v) is 3.14. The molecule has 2 N–H and O–H groups in total. The molecule has 2 aliphatic heterocycles. The van der Waals surface area contributed by atoms with Gasteiger partial charge >= 0.3 is 13.1 Å². The van der Waals surface area contributed by atoms with Crippen molar-refractivity contribution in [3.63, 3.8) is 0 Å². The predicted molar refractivity (Wildman–Crippen MR) is 87.5 cm³/mol. The molecule has 7 heteroatoms. The van der Waals surface area contributed by atoms with E-state index in [1.807, 2.05) is 4.90 Å². The maximum atomic E-state index is 12.7. The van der Waals surface area contributed by atoms with Crippen molar-refractivity contribution in [2.45, 2.75) is 26.3 Å². The second kappa shape index (κ2) is 6.80. The molecule has 0 atom stereocenters.